The molecule has 2 atom stereocenters. The van der Waals surface area contributed by atoms with Crippen LogP contribution in [0.25, 0.3) is 0 Å². The highest BCUT2D eigenvalue weighted by molar-refractivity contribution is 6.06. The second kappa shape index (κ2) is 5.89. The number of amides is 1. The van der Waals surface area contributed by atoms with E-state index in [0.29, 0.717) is 11.7 Å². The van der Waals surface area contributed by atoms with E-state index in [-0.39, 0.29) is 5.56 Å². The molecule has 1 saturated heterocycles. The molecule has 1 saturated carbocycles. The van der Waals surface area contributed by atoms with Crippen LogP contribution in [0.3, 0.4) is 0 Å². The van der Waals surface area contributed by atoms with E-state index < -0.39 is 17.5 Å². The highest BCUT2D eigenvalue weighted by atomic mass is 19.1. The van der Waals surface area contributed by atoms with Crippen LogP contribution in [0, 0.1) is 17.6 Å². The Hall–Kier alpha value is -2.43. The monoisotopic (exact) mass is 328 g/mol. The van der Waals surface area contributed by atoms with Crippen LogP contribution >= 0.6 is 0 Å². The summed E-state index contributed by atoms with van der Waals surface area (Å²) in [6.45, 7) is 1.01. The third-order valence-electron chi connectivity index (χ3n) is 5.00. The Morgan fingerprint density at radius 1 is 1.08 bits per heavy atom. The van der Waals surface area contributed by atoms with Gasteiger partial charge in [-0.1, -0.05) is 12.1 Å². The molecular weight excluding hydrogens is 310 g/mol. The molecule has 0 aromatic heterocycles. The van der Waals surface area contributed by atoms with Gasteiger partial charge in [0, 0.05) is 24.2 Å². The summed E-state index contributed by atoms with van der Waals surface area (Å²) in [7, 11) is 0. The van der Waals surface area contributed by atoms with Crippen LogP contribution in [0.1, 0.15) is 29.6 Å². The SMILES string of the molecule is O=C(Nc1ccccc1N1CC2CCC1C2)c1cc(F)cc(F)c1. The summed E-state index contributed by atoms with van der Waals surface area (Å²) in [5.74, 6) is -1.29. The number of halogens is 2. The lowest BCUT2D eigenvalue weighted by molar-refractivity contribution is 0.102. The van der Waals surface area contributed by atoms with Crippen LogP contribution in [0.5, 0.6) is 0 Å². The number of nitrogens with one attached hydrogen (secondary N) is 1. The standard InChI is InChI=1S/C19H18F2N2O/c20-14-8-13(9-15(21)10-14)19(24)22-17-3-1-2-4-18(17)23-11-12-5-6-16(23)7-12/h1-4,8-10,12,16H,5-7,11H2,(H,22,24). The van der Waals surface area contributed by atoms with E-state index in [0.717, 1.165) is 36.3 Å². The van der Waals surface area contributed by atoms with Gasteiger partial charge in [-0.3, -0.25) is 4.79 Å². The second-order valence-electron chi connectivity index (χ2n) is 6.61. The molecule has 3 nitrogen and oxygen atoms in total. The molecule has 2 aromatic rings. The lowest BCUT2D eigenvalue weighted by Crippen LogP contribution is -2.32. The maximum atomic E-state index is 13.3. The predicted octanol–water partition coefficient (Wildman–Crippen LogP) is 4.21. The molecular formula is C19H18F2N2O. The van der Waals surface area contributed by atoms with Crippen molar-refractivity contribution >= 4 is 17.3 Å². The number of benzene rings is 2. The van der Waals surface area contributed by atoms with E-state index in [2.05, 4.69) is 10.2 Å². The average molecular weight is 328 g/mol. The van der Waals surface area contributed by atoms with Crippen molar-refractivity contribution in [2.24, 2.45) is 5.92 Å². The highest BCUT2D eigenvalue weighted by Gasteiger charge is 2.38. The predicted molar refractivity (Wildman–Crippen MR) is 89.2 cm³/mol. The number of para-hydroxylation sites is 2. The number of hydrogen-bond donors (Lipinski definition) is 1. The fraction of sp³-hybridized carbons (Fsp3) is 0.316. The lowest BCUT2D eigenvalue weighted by atomic mass is 10.1. The fourth-order valence-electron chi connectivity index (χ4n) is 3.93. The molecule has 24 heavy (non-hydrogen) atoms. The second-order valence-corrected chi connectivity index (χ2v) is 6.61. The van der Waals surface area contributed by atoms with Crippen LogP contribution in [0.4, 0.5) is 20.2 Å². The van der Waals surface area contributed by atoms with Gasteiger partial charge >= 0.3 is 0 Å². The van der Waals surface area contributed by atoms with Gasteiger partial charge in [0.15, 0.2) is 0 Å². The van der Waals surface area contributed by atoms with Crippen molar-refractivity contribution < 1.29 is 13.6 Å². The summed E-state index contributed by atoms with van der Waals surface area (Å²) in [4.78, 5) is 14.7. The summed E-state index contributed by atoms with van der Waals surface area (Å²) in [6, 6.07) is 11.0. The first-order valence-electron chi connectivity index (χ1n) is 8.23. The van der Waals surface area contributed by atoms with Gasteiger partial charge in [-0.05, 0) is 49.4 Å². The molecule has 1 aliphatic heterocycles. The van der Waals surface area contributed by atoms with Crippen molar-refractivity contribution in [2.45, 2.75) is 25.3 Å². The summed E-state index contributed by atoms with van der Waals surface area (Å²) in [5, 5.41) is 2.80. The zero-order valence-corrected chi connectivity index (χ0v) is 13.1. The van der Waals surface area contributed by atoms with Gasteiger partial charge in [-0.25, -0.2) is 8.78 Å². The maximum Gasteiger partial charge on any atom is 0.255 e. The Morgan fingerprint density at radius 2 is 1.83 bits per heavy atom. The minimum Gasteiger partial charge on any atom is -0.367 e. The number of carbonyl (C=O) groups is 1. The minimum atomic E-state index is -0.759. The van der Waals surface area contributed by atoms with Gasteiger partial charge in [0.05, 0.1) is 11.4 Å². The fourth-order valence-corrected chi connectivity index (χ4v) is 3.93. The van der Waals surface area contributed by atoms with Gasteiger partial charge in [0.1, 0.15) is 11.6 Å². The molecule has 124 valence electrons. The molecule has 2 bridgehead atoms. The molecule has 1 amide bonds. The van der Waals surface area contributed by atoms with Crippen LogP contribution < -0.4 is 10.2 Å². The summed E-state index contributed by atoms with van der Waals surface area (Å²) in [6.07, 6.45) is 3.66. The van der Waals surface area contributed by atoms with Crippen molar-refractivity contribution in [3.63, 3.8) is 0 Å². The Kier molecular flexibility index (Phi) is 3.71. The van der Waals surface area contributed by atoms with Gasteiger partial charge in [-0.15, -0.1) is 0 Å². The number of piperidine rings is 1. The molecule has 2 aromatic carbocycles. The van der Waals surface area contributed by atoms with Crippen molar-refractivity contribution in [1.29, 1.82) is 0 Å². The minimum absolute atomic E-state index is 0.0229. The van der Waals surface area contributed by atoms with E-state index >= 15 is 0 Å². The van der Waals surface area contributed by atoms with Gasteiger partial charge in [0.25, 0.3) is 5.91 Å². The Balaban J connectivity index is 1.60. The summed E-state index contributed by atoms with van der Waals surface area (Å²) >= 11 is 0. The van der Waals surface area contributed by atoms with E-state index in [9.17, 15) is 13.6 Å². The smallest absolute Gasteiger partial charge is 0.255 e. The molecule has 2 unspecified atom stereocenters. The van der Waals surface area contributed by atoms with Crippen molar-refractivity contribution in [2.75, 3.05) is 16.8 Å². The molecule has 0 spiro atoms. The van der Waals surface area contributed by atoms with Crippen LogP contribution in [-0.4, -0.2) is 18.5 Å². The highest BCUT2D eigenvalue weighted by Crippen LogP contribution is 2.42. The van der Waals surface area contributed by atoms with Crippen molar-refractivity contribution in [3.8, 4) is 0 Å². The topological polar surface area (TPSA) is 32.3 Å². The van der Waals surface area contributed by atoms with E-state index in [1.807, 2.05) is 24.3 Å². The van der Waals surface area contributed by atoms with Gasteiger partial charge in [0.2, 0.25) is 0 Å². The lowest BCUT2D eigenvalue weighted by Gasteiger charge is -2.31. The van der Waals surface area contributed by atoms with Crippen LogP contribution in [0.2, 0.25) is 0 Å². The van der Waals surface area contributed by atoms with Gasteiger partial charge < -0.3 is 10.2 Å². The Morgan fingerprint density at radius 3 is 2.50 bits per heavy atom. The number of fused-ring (bicyclic) bond motifs is 2. The first-order valence-corrected chi connectivity index (χ1v) is 8.23. The molecule has 2 aliphatic rings. The molecule has 4 rings (SSSR count). The zero-order chi connectivity index (χ0) is 16.7. The largest absolute Gasteiger partial charge is 0.367 e. The van der Waals surface area contributed by atoms with E-state index in [1.165, 1.54) is 19.3 Å². The average Bonchev–Trinajstić information content (AvgIpc) is 3.17. The molecule has 1 N–H and O–H groups in total. The zero-order valence-electron chi connectivity index (χ0n) is 13.1. The van der Waals surface area contributed by atoms with Crippen LogP contribution in [-0.2, 0) is 0 Å². The molecule has 1 heterocycles. The number of rotatable bonds is 3. The van der Waals surface area contributed by atoms with Crippen molar-refractivity contribution in [1.82, 2.24) is 0 Å². The number of hydrogen-bond acceptors (Lipinski definition) is 2. The third-order valence-corrected chi connectivity index (χ3v) is 5.00. The molecule has 1 aliphatic carbocycles. The first kappa shape index (κ1) is 15.1. The first-order chi connectivity index (χ1) is 11.6. The van der Waals surface area contributed by atoms with Crippen LogP contribution in [0.15, 0.2) is 42.5 Å². The van der Waals surface area contributed by atoms with Crippen molar-refractivity contribution in [3.05, 3.63) is 59.7 Å². The Bertz CT molecular complexity index is 772. The summed E-state index contributed by atoms with van der Waals surface area (Å²) in [5.41, 5.74) is 1.64. The number of nitrogens with zero attached hydrogens (tertiary/aromatic N) is 1. The molecule has 2 fully saturated rings. The maximum absolute atomic E-state index is 13.3. The quantitative estimate of drug-likeness (QED) is 0.915. The molecule has 5 heteroatoms. The number of anilines is 2. The van der Waals surface area contributed by atoms with Gasteiger partial charge in [-0.2, -0.15) is 0 Å². The summed E-state index contributed by atoms with van der Waals surface area (Å²) < 4.78 is 26.7. The number of carbonyl (C=O) groups excluding carboxylic acids is 1. The van der Waals surface area contributed by atoms with E-state index in [1.54, 1.807) is 0 Å². The van der Waals surface area contributed by atoms with E-state index in [4.69, 9.17) is 0 Å². The normalized spacial score (nSPS) is 22.0. The Labute approximate surface area is 139 Å². The third kappa shape index (κ3) is 2.75. The molecule has 0 radical (unpaired) electrons.